The number of aliphatic hydroxyl groups is 1. The Labute approximate surface area is 107 Å². The molecule has 17 heavy (non-hydrogen) atoms. The van der Waals surface area contributed by atoms with E-state index in [-0.39, 0.29) is 12.5 Å². The Morgan fingerprint density at radius 1 is 1.24 bits per heavy atom. The van der Waals surface area contributed by atoms with Crippen LogP contribution in [0.25, 0.3) is 10.9 Å². The number of hydrogen-bond donors (Lipinski definition) is 1. The molecule has 2 rings (SSSR count). The second-order valence-corrected chi connectivity index (χ2v) is 5.26. The number of fused-ring (bicyclic) bond motifs is 1. The molecule has 0 spiro atoms. The average molecular weight is 252 g/mol. The molecule has 1 heterocycles. The minimum atomic E-state index is 0.142. The van der Waals surface area contributed by atoms with Gasteiger partial charge in [0.15, 0.2) is 0 Å². The summed E-state index contributed by atoms with van der Waals surface area (Å²) in [7, 11) is 0. The van der Waals surface area contributed by atoms with Crippen molar-refractivity contribution in [1.29, 1.82) is 0 Å². The monoisotopic (exact) mass is 251 g/mol. The molecule has 0 aliphatic heterocycles. The van der Waals surface area contributed by atoms with E-state index in [1.54, 1.807) is 0 Å². The first-order valence-corrected chi connectivity index (χ1v) is 6.33. The van der Waals surface area contributed by atoms with Gasteiger partial charge in [0.25, 0.3) is 0 Å². The summed E-state index contributed by atoms with van der Waals surface area (Å²) in [6, 6.07) is 8.44. The lowest BCUT2D eigenvalue weighted by Crippen LogP contribution is -2.10. The summed E-state index contributed by atoms with van der Waals surface area (Å²) in [5.74, 6) is 0.142. The average Bonchev–Trinajstić information content (AvgIpc) is 2.66. The normalized spacial score (nSPS) is 13.5. The minimum Gasteiger partial charge on any atom is -0.396 e. The van der Waals surface area contributed by atoms with Crippen LogP contribution < -0.4 is 0 Å². The highest BCUT2D eigenvalue weighted by atomic mass is 35.5. The van der Waals surface area contributed by atoms with Gasteiger partial charge in [0.2, 0.25) is 0 Å². The summed E-state index contributed by atoms with van der Waals surface area (Å²) in [5.41, 5.74) is 2.35. The Morgan fingerprint density at radius 2 is 1.94 bits per heavy atom. The van der Waals surface area contributed by atoms with Gasteiger partial charge < -0.3 is 9.67 Å². The van der Waals surface area contributed by atoms with Crippen LogP contribution in [-0.2, 0) is 0 Å². The summed E-state index contributed by atoms with van der Waals surface area (Å²) in [5, 5.41) is 11.2. The largest absolute Gasteiger partial charge is 0.396 e. The Bertz CT molecular complexity index is 530. The van der Waals surface area contributed by atoms with Crippen LogP contribution >= 0.6 is 11.6 Å². The molecule has 0 aliphatic rings. The number of nitrogens with zero attached hydrogens (tertiary/aromatic N) is 1. The van der Waals surface area contributed by atoms with Gasteiger partial charge in [0.05, 0.1) is 6.61 Å². The maximum atomic E-state index is 9.33. The Hall–Kier alpha value is -0.990. The summed E-state index contributed by atoms with van der Waals surface area (Å²) in [4.78, 5) is 0. The van der Waals surface area contributed by atoms with Crippen molar-refractivity contribution in [2.75, 3.05) is 6.61 Å². The molecule has 0 aliphatic carbocycles. The third kappa shape index (κ3) is 2.20. The Balaban J connectivity index is 2.70. The molecule has 1 aromatic heterocycles. The predicted octanol–water partition coefficient (Wildman–Crippen LogP) is 3.97. The van der Waals surface area contributed by atoms with E-state index in [4.69, 9.17) is 11.6 Å². The number of hydrogen-bond acceptors (Lipinski definition) is 1. The standard InChI is InChI=1S/C14H18ClNO/c1-9(2)16-13-5-4-12(15)6-11(13)7-14(16)10(3)8-17/h4-7,9-10,17H,8H2,1-3H3. The lowest BCUT2D eigenvalue weighted by atomic mass is 10.1. The maximum absolute atomic E-state index is 9.33. The van der Waals surface area contributed by atoms with E-state index in [0.717, 1.165) is 10.4 Å². The molecule has 1 unspecified atom stereocenters. The maximum Gasteiger partial charge on any atom is 0.0511 e. The lowest BCUT2D eigenvalue weighted by Gasteiger charge is -2.18. The molecular formula is C14H18ClNO. The third-order valence-electron chi connectivity index (χ3n) is 3.13. The first-order valence-electron chi connectivity index (χ1n) is 5.95. The van der Waals surface area contributed by atoms with Gasteiger partial charge in [-0.15, -0.1) is 0 Å². The Morgan fingerprint density at radius 3 is 2.53 bits per heavy atom. The highest BCUT2D eigenvalue weighted by molar-refractivity contribution is 6.31. The molecule has 2 aromatic rings. The van der Waals surface area contributed by atoms with Gasteiger partial charge in [0, 0.05) is 33.6 Å². The molecule has 3 heteroatoms. The van der Waals surface area contributed by atoms with Crippen LogP contribution in [0.1, 0.15) is 38.4 Å². The molecule has 1 N–H and O–H groups in total. The van der Waals surface area contributed by atoms with E-state index in [1.807, 2.05) is 25.1 Å². The highest BCUT2D eigenvalue weighted by Gasteiger charge is 2.16. The predicted molar refractivity (Wildman–Crippen MR) is 72.8 cm³/mol. The molecule has 2 nitrogen and oxygen atoms in total. The summed E-state index contributed by atoms with van der Waals surface area (Å²) in [6.07, 6.45) is 0. The van der Waals surface area contributed by atoms with E-state index in [1.165, 1.54) is 11.2 Å². The van der Waals surface area contributed by atoms with Crippen molar-refractivity contribution in [2.24, 2.45) is 0 Å². The second-order valence-electron chi connectivity index (χ2n) is 4.82. The van der Waals surface area contributed by atoms with Gasteiger partial charge in [-0.1, -0.05) is 18.5 Å². The highest BCUT2D eigenvalue weighted by Crippen LogP contribution is 2.30. The van der Waals surface area contributed by atoms with Crippen molar-refractivity contribution < 1.29 is 5.11 Å². The van der Waals surface area contributed by atoms with Crippen molar-refractivity contribution >= 4 is 22.5 Å². The third-order valence-corrected chi connectivity index (χ3v) is 3.36. The SMILES string of the molecule is CC(CO)c1cc2cc(Cl)ccc2n1C(C)C. The number of benzene rings is 1. The van der Waals surface area contributed by atoms with Gasteiger partial charge in [-0.2, -0.15) is 0 Å². The van der Waals surface area contributed by atoms with E-state index in [2.05, 4.69) is 24.5 Å². The van der Waals surface area contributed by atoms with Gasteiger partial charge in [-0.25, -0.2) is 0 Å². The minimum absolute atomic E-state index is 0.142. The Kier molecular flexibility index (Phi) is 3.45. The number of aromatic nitrogens is 1. The topological polar surface area (TPSA) is 25.2 Å². The quantitative estimate of drug-likeness (QED) is 0.877. The zero-order chi connectivity index (χ0) is 12.6. The fourth-order valence-corrected chi connectivity index (χ4v) is 2.46. The van der Waals surface area contributed by atoms with Gasteiger partial charge in [-0.3, -0.25) is 0 Å². The summed E-state index contributed by atoms with van der Waals surface area (Å²) in [6.45, 7) is 6.51. The molecule has 0 amide bonds. The van der Waals surface area contributed by atoms with E-state index >= 15 is 0 Å². The van der Waals surface area contributed by atoms with Gasteiger partial charge in [0.1, 0.15) is 0 Å². The number of rotatable bonds is 3. The molecule has 1 aromatic carbocycles. The second kappa shape index (κ2) is 4.71. The lowest BCUT2D eigenvalue weighted by molar-refractivity contribution is 0.268. The molecule has 92 valence electrons. The number of aliphatic hydroxyl groups excluding tert-OH is 1. The van der Waals surface area contributed by atoms with Crippen molar-refractivity contribution in [3.8, 4) is 0 Å². The van der Waals surface area contributed by atoms with Crippen LogP contribution in [0.4, 0.5) is 0 Å². The molecular weight excluding hydrogens is 234 g/mol. The first-order chi connectivity index (χ1) is 8.04. The molecule has 0 fully saturated rings. The zero-order valence-corrected chi connectivity index (χ0v) is 11.2. The molecule has 1 atom stereocenters. The van der Waals surface area contributed by atoms with Gasteiger partial charge >= 0.3 is 0 Å². The van der Waals surface area contributed by atoms with Crippen molar-refractivity contribution in [3.05, 3.63) is 35.0 Å². The van der Waals surface area contributed by atoms with Crippen LogP contribution in [0.2, 0.25) is 5.02 Å². The summed E-state index contributed by atoms with van der Waals surface area (Å²) >= 11 is 6.01. The number of halogens is 1. The van der Waals surface area contributed by atoms with Crippen LogP contribution in [0.5, 0.6) is 0 Å². The van der Waals surface area contributed by atoms with E-state index in [0.29, 0.717) is 6.04 Å². The van der Waals surface area contributed by atoms with Crippen LogP contribution in [0.15, 0.2) is 24.3 Å². The summed E-state index contributed by atoms with van der Waals surface area (Å²) < 4.78 is 2.27. The van der Waals surface area contributed by atoms with Crippen molar-refractivity contribution in [1.82, 2.24) is 4.57 Å². The fourth-order valence-electron chi connectivity index (χ4n) is 2.28. The van der Waals surface area contributed by atoms with Gasteiger partial charge in [-0.05, 0) is 38.1 Å². The van der Waals surface area contributed by atoms with Crippen LogP contribution in [0, 0.1) is 0 Å². The molecule has 0 saturated heterocycles. The molecule has 0 radical (unpaired) electrons. The first kappa shape index (κ1) is 12.5. The smallest absolute Gasteiger partial charge is 0.0511 e. The van der Waals surface area contributed by atoms with E-state index < -0.39 is 0 Å². The van der Waals surface area contributed by atoms with E-state index in [9.17, 15) is 5.11 Å². The fraction of sp³-hybridized carbons (Fsp3) is 0.429. The molecule has 0 saturated carbocycles. The molecule has 0 bridgehead atoms. The van der Waals surface area contributed by atoms with Crippen LogP contribution in [0.3, 0.4) is 0 Å². The van der Waals surface area contributed by atoms with Crippen LogP contribution in [-0.4, -0.2) is 16.3 Å². The van der Waals surface area contributed by atoms with Crippen molar-refractivity contribution in [2.45, 2.75) is 32.7 Å². The zero-order valence-electron chi connectivity index (χ0n) is 10.4. The van der Waals surface area contributed by atoms with Crippen molar-refractivity contribution in [3.63, 3.8) is 0 Å².